The maximum Gasteiger partial charge on any atom is 0.220 e. The average Bonchev–Trinajstić information content (AvgIpc) is 2.85. The van der Waals surface area contributed by atoms with Crippen LogP contribution in [-0.4, -0.2) is 23.7 Å². The monoisotopic (exact) mass is 295 g/mol. The van der Waals surface area contributed by atoms with Crippen LogP contribution in [0.1, 0.15) is 48.3 Å². The van der Waals surface area contributed by atoms with Crippen molar-refractivity contribution in [2.45, 2.75) is 57.9 Å². The summed E-state index contributed by atoms with van der Waals surface area (Å²) < 4.78 is 0. The highest BCUT2D eigenvalue weighted by Crippen LogP contribution is 2.24. The molecule has 0 aliphatic heterocycles. The van der Waals surface area contributed by atoms with Gasteiger partial charge in [0.25, 0.3) is 0 Å². The second-order valence-electron chi connectivity index (χ2n) is 5.77. The van der Waals surface area contributed by atoms with Gasteiger partial charge in [0.1, 0.15) is 0 Å². The summed E-state index contributed by atoms with van der Waals surface area (Å²) in [4.78, 5) is 14.7. The van der Waals surface area contributed by atoms with Gasteiger partial charge < -0.3 is 10.4 Å². The van der Waals surface area contributed by atoms with Crippen molar-refractivity contribution in [1.82, 2.24) is 5.32 Å². The van der Waals surface area contributed by atoms with Crippen LogP contribution in [0.3, 0.4) is 0 Å². The molecule has 0 bridgehead atoms. The zero-order valence-corrected chi connectivity index (χ0v) is 13.0. The lowest BCUT2D eigenvalue weighted by Gasteiger charge is -2.30. The van der Waals surface area contributed by atoms with Crippen molar-refractivity contribution in [1.29, 1.82) is 0 Å². The largest absolute Gasteiger partial charge is 0.396 e. The fraction of sp³-hybridized carbons (Fsp3) is 0.688. The van der Waals surface area contributed by atoms with E-state index in [1.807, 2.05) is 11.3 Å². The van der Waals surface area contributed by atoms with Crippen molar-refractivity contribution in [3.05, 3.63) is 21.9 Å². The van der Waals surface area contributed by atoms with E-state index in [4.69, 9.17) is 0 Å². The van der Waals surface area contributed by atoms with Crippen LogP contribution in [0, 0.1) is 12.8 Å². The second-order valence-corrected chi connectivity index (χ2v) is 7.14. The van der Waals surface area contributed by atoms with E-state index in [2.05, 4.69) is 24.4 Å². The summed E-state index contributed by atoms with van der Waals surface area (Å²) in [6.07, 6.45) is 6.87. The van der Waals surface area contributed by atoms with Crippen molar-refractivity contribution >= 4 is 17.2 Å². The first kappa shape index (κ1) is 15.5. The number of nitrogens with one attached hydrogen (secondary N) is 1. The van der Waals surface area contributed by atoms with Gasteiger partial charge in [-0.25, -0.2) is 0 Å². The third kappa shape index (κ3) is 4.60. The minimum atomic E-state index is 0.142. The Morgan fingerprint density at radius 3 is 2.90 bits per heavy atom. The van der Waals surface area contributed by atoms with E-state index in [-0.39, 0.29) is 24.5 Å². The van der Waals surface area contributed by atoms with Gasteiger partial charge in [-0.2, -0.15) is 0 Å². The lowest BCUT2D eigenvalue weighted by Crippen LogP contribution is -2.43. The molecule has 1 aromatic rings. The predicted molar refractivity (Wildman–Crippen MR) is 83.0 cm³/mol. The number of carbonyl (C=O) groups excluding carboxylic acids is 1. The number of aliphatic hydroxyl groups excluding tert-OH is 1. The van der Waals surface area contributed by atoms with Crippen LogP contribution < -0.4 is 5.32 Å². The Kier molecular flexibility index (Phi) is 6.05. The summed E-state index contributed by atoms with van der Waals surface area (Å²) >= 11 is 1.81. The molecule has 20 heavy (non-hydrogen) atoms. The normalized spacial score (nSPS) is 22.7. The fourth-order valence-electron chi connectivity index (χ4n) is 2.94. The van der Waals surface area contributed by atoms with Crippen LogP contribution in [0.4, 0.5) is 0 Å². The summed E-state index contributed by atoms with van der Waals surface area (Å²) in [5.74, 6) is 0.399. The molecule has 0 radical (unpaired) electrons. The Bertz CT molecular complexity index is 430. The third-order valence-corrected chi connectivity index (χ3v) is 5.17. The maximum absolute atomic E-state index is 12.0. The molecule has 1 amide bonds. The van der Waals surface area contributed by atoms with Gasteiger partial charge in [0.2, 0.25) is 5.91 Å². The third-order valence-electron chi connectivity index (χ3n) is 4.11. The zero-order valence-electron chi connectivity index (χ0n) is 12.2. The molecule has 1 aliphatic carbocycles. The molecule has 0 spiro atoms. The molecule has 112 valence electrons. The molecule has 1 aromatic heterocycles. The molecule has 0 saturated heterocycles. The first-order valence-corrected chi connectivity index (χ1v) is 8.46. The molecular weight excluding hydrogens is 270 g/mol. The van der Waals surface area contributed by atoms with Crippen molar-refractivity contribution in [3.63, 3.8) is 0 Å². The van der Waals surface area contributed by atoms with E-state index in [1.165, 1.54) is 16.2 Å². The van der Waals surface area contributed by atoms with E-state index < -0.39 is 0 Å². The Hall–Kier alpha value is -0.870. The zero-order chi connectivity index (χ0) is 14.4. The number of thiophene rings is 1. The van der Waals surface area contributed by atoms with Gasteiger partial charge in [-0.05, 0) is 44.7 Å². The van der Waals surface area contributed by atoms with Crippen molar-refractivity contribution < 1.29 is 9.90 Å². The van der Waals surface area contributed by atoms with Gasteiger partial charge in [-0.15, -0.1) is 11.3 Å². The molecule has 2 rings (SSSR count). The van der Waals surface area contributed by atoms with Gasteiger partial charge in [0.15, 0.2) is 0 Å². The predicted octanol–water partition coefficient (Wildman–Crippen LogP) is 3.05. The molecule has 1 aliphatic rings. The lowest BCUT2D eigenvalue weighted by atomic mass is 9.85. The fourth-order valence-corrected chi connectivity index (χ4v) is 3.87. The summed E-state index contributed by atoms with van der Waals surface area (Å²) in [5.41, 5.74) is 0. The molecule has 3 nitrogen and oxygen atoms in total. The molecule has 1 saturated carbocycles. The molecule has 2 unspecified atom stereocenters. The molecular formula is C16H25NO2S. The average molecular weight is 295 g/mol. The maximum atomic E-state index is 12.0. The summed E-state index contributed by atoms with van der Waals surface area (Å²) in [5, 5.41) is 12.5. The number of rotatable bonds is 6. The van der Waals surface area contributed by atoms with Gasteiger partial charge in [0.05, 0.1) is 0 Å². The Labute approximate surface area is 125 Å². The molecule has 0 aromatic carbocycles. The lowest BCUT2D eigenvalue weighted by molar-refractivity contribution is -0.122. The van der Waals surface area contributed by atoms with Crippen LogP contribution in [0.25, 0.3) is 0 Å². The highest BCUT2D eigenvalue weighted by molar-refractivity contribution is 7.11. The van der Waals surface area contributed by atoms with Gasteiger partial charge in [-0.1, -0.05) is 12.8 Å². The quantitative estimate of drug-likeness (QED) is 0.847. The minimum Gasteiger partial charge on any atom is -0.396 e. The number of aliphatic hydroxyl groups is 1. The summed E-state index contributed by atoms with van der Waals surface area (Å²) in [6, 6.07) is 4.47. The Morgan fingerprint density at radius 1 is 1.40 bits per heavy atom. The van der Waals surface area contributed by atoms with Crippen LogP contribution in [0.5, 0.6) is 0 Å². The molecule has 4 heteroatoms. The van der Waals surface area contributed by atoms with Crippen LogP contribution in [0.15, 0.2) is 12.1 Å². The summed E-state index contributed by atoms with van der Waals surface area (Å²) in [6.45, 7) is 2.30. The number of hydrogen-bond donors (Lipinski definition) is 2. The van der Waals surface area contributed by atoms with Crippen molar-refractivity contribution in [2.24, 2.45) is 5.92 Å². The standard InChI is InChI=1S/C16H25NO2S/c1-12-9-10-14(20-12)6-4-8-16(19)17-15-7-3-2-5-13(15)11-18/h9-10,13,15,18H,2-8,11H2,1H3,(H,17,19). The second kappa shape index (κ2) is 7.79. The van der Waals surface area contributed by atoms with Crippen LogP contribution in [-0.2, 0) is 11.2 Å². The molecule has 1 fully saturated rings. The molecule has 1 heterocycles. The van der Waals surface area contributed by atoms with Gasteiger partial charge in [-0.3, -0.25) is 4.79 Å². The van der Waals surface area contributed by atoms with Crippen LogP contribution >= 0.6 is 11.3 Å². The highest BCUT2D eigenvalue weighted by Gasteiger charge is 2.25. The highest BCUT2D eigenvalue weighted by atomic mass is 32.1. The number of carbonyl (C=O) groups is 1. The van der Waals surface area contributed by atoms with Gasteiger partial charge >= 0.3 is 0 Å². The van der Waals surface area contributed by atoms with Crippen molar-refractivity contribution in [3.8, 4) is 0 Å². The van der Waals surface area contributed by atoms with Crippen molar-refractivity contribution in [2.75, 3.05) is 6.61 Å². The number of amides is 1. The van der Waals surface area contributed by atoms with E-state index in [0.29, 0.717) is 6.42 Å². The van der Waals surface area contributed by atoms with E-state index in [9.17, 15) is 9.90 Å². The molecule has 2 N–H and O–H groups in total. The van der Waals surface area contributed by atoms with E-state index in [1.54, 1.807) is 0 Å². The minimum absolute atomic E-state index is 0.142. The SMILES string of the molecule is Cc1ccc(CCCC(=O)NC2CCCCC2CO)s1. The topological polar surface area (TPSA) is 49.3 Å². The van der Waals surface area contributed by atoms with E-state index in [0.717, 1.165) is 32.1 Å². The van der Waals surface area contributed by atoms with Gasteiger partial charge in [0, 0.05) is 34.7 Å². The van der Waals surface area contributed by atoms with Crippen LogP contribution in [0.2, 0.25) is 0 Å². The van der Waals surface area contributed by atoms with E-state index >= 15 is 0 Å². The first-order chi connectivity index (χ1) is 9.69. The summed E-state index contributed by atoms with van der Waals surface area (Å²) in [7, 11) is 0. The smallest absolute Gasteiger partial charge is 0.220 e. The first-order valence-electron chi connectivity index (χ1n) is 7.64. The Balaban J connectivity index is 1.69. The Morgan fingerprint density at radius 2 is 2.20 bits per heavy atom. The number of aryl methyl sites for hydroxylation is 2. The number of hydrogen-bond acceptors (Lipinski definition) is 3. The molecule has 2 atom stereocenters.